The summed E-state index contributed by atoms with van der Waals surface area (Å²) in [6.45, 7) is 4.05. The Hall–Kier alpha value is -2.00. The Morgan fingerprint density at radius 2 is 2.24 bits per heavy atom. The Bertz CT molecular complexity index is 603. The summed E-state index contributed by atoms with van der Waals surface area (Å²) in [6, 6.07) is 7.63. The Balaban J connectivity index is 2.19. The first-order chi connectivity index (χ1) is 10.3. The van der Waals surface area contributed by atoms with Crippen LogP contribution in [0.5, 0.6) is 0 Å². The summed E-state index contributed by atoms with van der Waals surface area (Å²) in [5.41, 5.74) is 2.82. The second-order valence-corrected chi connectivity index (χ2v) is 5.03. The molecule has 0 radical (unpaired) electrons. The van der Waals surface area contributed by atoms with Crippen molar-refractivity contribution >= 4 is 18.3 Å². The fourth-order valence-corrected chi connectivity index (χ4v) is 2.33. The van der Waals surface area contributed by atoms with Crippen LogP contribution in [0.2, 0.25) is 5.02 Å². The third-order valence-corrected chi connectivity index (χ3v) is 3.62. The second kappa shape index (κ2) is 7.70. The number of hydrogen-bond acceptors (Lipinski definition) is 3. The maximum absolute atomic E-state index is 6.14. The van der Waals surface area contributed by atoms with E-state index in [0.29, 0.717) is 17.5 Å². The number of allylic oxidation sites excluding steroid dienone is 4. The maximum Gasteiger partial charge on any atom is 0.213 e. The van der Waals surface area contributed by atoms with Gasteiger partial charge < -0.3 is 10.1 Å². The quantitative estimate of drug-likeness (QED) is 0.630. The number of ether oxygens (including phenoxy) is 1. The van der Waals surface area contributed by atoms with Gasteiger partial charge in [-0.15, -0.1) is 0 Å². The Kier molecular flexibility index (Phi) is 5.64. The lowest BCUT2D eigenvalue weighted by molar-refractivity contribution is 0.178. The molecule has 0 saturated carbocycles. The molecule has 0 atom stereocenters. The van der Waals surface area contributed by atoms with Crippen LogP contribution in [0.4, 0.5) is 0 Å². The predicted octanol–water partition coefficient (Wildman–Crippen LogP) is 4.22. The molecule has 0 saturated heterocycles. The van der Waals surface area contributed by atoms with Crippen LogP contribution in [0.25, 0.3) is 0 Å². The van der Waals surface area contributed by atoms with Crippen molar-refractivity contribution in [3.05, 3.63) is 70.2 Å². The lowest BCUT2D eigenvalue weighted by atomic mass is 10.0. The van der Waals surface area contributed by atoms with Crippen molar-refractivity contribution in [1.29, 1.82) is 0 Å². The standard InChI is InChI=1S/C17H19ClN2O/c1-19-16(13-8-4-3-5-9-13)17(20-2)21-12-14-10-6-7-11-15(14)18/h3-4,6-8,10-11,20H,1,5,9,12H2,2H3/b17-16-. The molecule has 0 spiro atoms. The molecule has 2 rings (SSSR count). The smallest absolute Gasteiger partial charge is 0.213 e. The first-order valence-corrected chi connectivity index (χ1v) is 7.25. The number of halogens is 1. The highest BCUT2D eigenvalue weighted by molar-refractivity contribution is 6.31. The van der Waals surface area contributed by atoms with Crippen LogP contribution < -0.4 is 5.32 Å². The minimum Gasteiger partial charge on any atom is -0.473 e. The Morgan fingerprint density at radius 1 is 1.43 bits per heavy atom. The predicted molar refractivity (Wildman–Crippen MR) is 88.3 cm³/mol. The molecular weight excluding hydrogens is 284 g/mol. The molecule has 0 amide bonds. The van der Waals surface area contributed by atoms with Crippen LogP contribution in [-0.4, -0.2) is 13.8 Å². The van der Waals surface area contributed by atoms with Crippen molar-refractivity contribution in [2.75, 3.05) is 7.05 Å². The SMILES string of the molecule is C=N/C(C1=CC=CCC1)=C(/NC)OCc1ccccc1Cl. The molecular formula is C17H19ClN2O. The van der Waals surface area contributed by atoms with Gasteiger partial charge in [-0.2, -0.15) is 0 Å². The van der Waals surface area contributed by atoms with Crippen molar-refractivity contribution in [1.82, 2.24) is 5.32 Å². The van der Waals surface area contributed by atoms with E-state index in [9.17, 15) is 0 Å². The van der Waals surface area contributed by atoms with Crippen molar-refractivity contribution in [3.63, 3.8) is 0 Å². The number of nitrogens with one attached hydrogen (secondary N) is 1. The van der Waals surface area contributed by atoms with E-state index < -0.39 is 0 Å². The highest BCUT2D eigenvalue weighted by Gasteiger charge is 2.12. The van der Waals surface area contributed by atoms with Crippen LogP contribution in [-0.2, 0) is 11.3 Å². The van der Waals surface area contributed by atoms with Crippen LogP contribution >= 0.6 is 11.6 Å². The fourth-order valence-electron chi connectivity index (χ4n) is 2.14. The van der Waals surface area contributed by atoms with Crippen LogP contribution in [0.15, 0.2) is 64.6 Å². The normalized spacial score (nSPS) is 15.0. The first kappa shape index (κ1) is 15.4. The zero-order valence-electron chi connectivity index (χ0n) is 12.1. The van der Waals surface area contributed by atoms with Crippen LogP contribution in [0.3, 0.4) is 0 Å². The van der Waals surface area contributed by atoms with Crippen LogP contribution in [0.1, 0.15) is 18.4 Å². The Labute approximate surface area is 130 Å². The highest BCUT2D eigenvalue weighted by atomic mass is 35.5. The molecule has 1 aromatic rings. The van der Waals surface area contributed by atoms with Gasteiger partial charge in [0.15, 0.2) is 0 Å². The zero-order chi connectivity index (χ0) is 15.1. The molecule has 1 N–H and O–H groups in total. The molecule has 0 aromatic heterocycles. The van der Waals surface area contributed by atoms with Crippen LogP contribution in [0, 0.1) is 0 Å². The van der Waals surface area contributed by atoms with Gasteiger partial charge in [-0.1, -0.05) is 48.0 Å². The molecule has 1 aliphatic carbocycles. The average Bonchev–Trinajstić information content (AvgIpc) is 2.53. The van der Waals surface area contributed by atoms with Crippen molar-refractivity contribution in [3.8, 4) is 0 Å². The van der Waals surface area contributed by atoms with Gasteiger partial charge in [0.05, 0.1) is 0 Å². The third-order valence-electron chi connectivity index (χ3n) is 3.25. The van der Waals surface area contributed by atoms with Gasteiger partial charge in [-0.05, 0) is 31.2 Å². The molecule has 1 aromatic carbocycles. The summed E-state index contributed by atoms with van der Waals surface area (Å²) in [5, 5.41) is 3.75. The minimum atomic E-state index is 0.387. The van der Waals surface area contributed by atoms with E-state index in [1.807, 2.05) is 43.5 Å². The number of nitrogens with zero attached hydrogens (tertiary/aromatic N) is 1. The third kappa shape index (κ3) is 3.99. The summed E-state index contributed by atoms with van der Waals surface area (Å²) in [6.07, 6.45) is 8.15. The maximum atomic E-state index is 6.14. The fraction of sp³-hybridized carbons (Fsp3) is 0.235. The largest absolute Gasteiger partial charge is 0.473 e. The first-order valence-electron chi connectivity index (χ1n) is 6.87. The van der Waals surface area contributed by atoms with E-state index in [1.165, 1.54) is 0 Å². The van der Waals surface area contributed by atoms with E-state index in [4.69, 9.17) is 16.3 Å². The molecule has 0 aliphatic heterocycles. The van der Waals surface area contributed by atoms with Gasteiger partial charge in [-0.3, -0.25) is 4.99 Å². The Morgan fingerprint density at radius 3 is 2.86 bits per heavy atom. The van der Waals surface area contributed by atoms with Crippen molar-refractivity contribution in [2.45, 2.75) is 19.4 Å². The summed E-state index contributed by atoms with van der Waals surface area (Å²) >= 11 is 6.14. The highest BCUT2D eigenvalue weighted by Crippen LogP contribution is 2.24. The summed E-state index contributed by atoms with van der Waals surface area (Å²) < 4.78 is 5.85. The van der Waals surface area contributed by atoms with E-state index in [0.717, 1.165) is 29.7 Å². The molecule has 0 heterocycles. The van der Waals surface area contributed by atoms with Gasteiger partial charge in [0.2, 0.25) is 5.88 Å². The summed E-state index contributed by atoms with van der Waals surface area (Å²) in [7, 11) is 1.81. The van der Waals surface area contributed by atoms with Gasteiger partial charge in [0.25, 0.3) is 0 Å². The average molecular weight is 303 g/mol. The number of aliphatic imine (C=N–C) groups is 1. The monoisotopic (exact) mass is 302 g/mol. The molecule has 0 bridgehead atoms. The molecule has 0 unspecified atom stereocenters. The molecule has 110 valence electrons. The molecule has 4 heteroatoms. The number of benzene rings is 1. The zero-order valence-corrected chi connectivity index (χ0v) is 12.9. The van der Waals surface area contributed by atoms with Gasteiger partial charge in [0.1, 0.15) is 12.3 Å². The second-order valence-electron chi connectivity index (χ2n) is 4.62. The minimum absolute atomic E-state index is 0.387. The molecule has 3 nitrogen and oxygen atoms in total. The number of hydrogen-bond donors (Lipinski definition) is 1. The topological polar surface area (TPSA) is 33.6 Å². The van der Waals surface area contributed by atoms with E-state index in [-0.39, 0.29) is 0 Å². The molecule has 21 heavy (non-hydrogen) atoms. The summed E-state index contributed by atoms with van der Waals surface area (Å²) in [5.74, 6) is 0.617. The van der Waals surface area contributed by atoms with E-state index >= 15 is 0 Å². The molecule has 1 aliphatic rings. The van der Waals surface area contributed by atoms with Crippen molar-refractivity contribution in [2.24, 2.45) is 4.99 Å². The van der Waals surface area contributed by atoms with E-state index in [2.05, 4.69) is 23.1 Å². The number of rotatable bonds is 6. The van der Waals surface area contributed by atoms with Gasteiger partial charge >= 0.3 is 0 Å². The lowest BCUT2D eigenvalue weighted by Crippen LogP contribution is -2.14. The lowest BCUT2D eigenvalue weighted by Gasteiger charge is -2.16. The van der Waals surface area contributed by atoms with Gasteiger partial charge in [-0.25, -0.2) is 0 Å². The summed E-state index contributed by atoms with van der Waals surface area (Å²) in [4.78, 5) is 4.12. The van der Waals surface area contributed by atoms with E-state index in [1.54, 1.807) is 0 Å². The van der Waals surface area contributed by atoms with Gasteiger partial charge in [0, 0.05) is 17.6 Å². The van der Waals surface area contributed by atoms with Crippen molar-refractivity contribution < 1.29 is 4.74 Å². The molecule has 0 fully saturated rings.